The van der Waals surface area contributed by atoms with Gasteiger partial charge < -0.3 is 10.8 Å². The lowest BCUT2D eigenvalue weighted by atomic mass is 10.1. The number of hydrogen-bond donors (Lipinski definition) is 2. The first-order valence-electron chi connectivity index (χ1n) is 6.09. The summed E-state index contributed by atoms with van der Waals surface area (Å²) in [6, 6.07) is 6.16. The molecule has 0 spiro atoms. The van der Waals surface area contributed by atoms with E-state index in [1.165, 1.54) is 6.07 Å². The predicted octanol–water partition coefficient (Wildman–Crippen LogP) is 1.47. The van der Waals surface area contributed by atoms with Crippen LogP contribution >= 0.6 is 23.2 Å². The van der Waals surface area contributed by atoms with Crippen LogP contribution in [0.2, 0.25) is 10.0 Å². The van der Waals surface area contributed by atoms with E-state index in [-0.39, 0.29) is 11.5 Å². The van der Waals surface area contributed by atoms with Gasteiger partial charge in [0.2, 0.25) is 5.91 Å². The van der Waals surface area contributed by atoms with Gasteiger partial charge in [-0.2, -0.15) is 0 Å². The van der Waals surface area contributed by atoms with Crippen LogP contribution in [-0.2, 0) is 9.59 Å². The third kappa shape index (κ3) is 3.41. The molecule has 0 unspecified atom stereocenters. The van der Waals surface area contributed by atoms with Crippen molar-refractivity contribution in [2.75, 3.05) is 6.61 Å². The molecule has 1 heterocycles. The molecule has 1 aromatic carbocycles. The molecular formula is C14H10Cl2N3O3. The number of benzene rings is 1. The Hall–Kier alpha value is -2.02. The van der Waals surface area contributed by atoms with E-state index in [9.17, 15) is 14.7 Å². The lowest BCUT2D eigenvalue weighted by Crippen LogP contribution is -2.26. The lowest BCUT2D eigenvalue weighted by molar-refractivity contribution is -0.120. The van der Waals surface area contributed by atoms with Crippen LogP contribution in [0.5, 0.6) is 0 Å². The van der Waals surface area contributed by atoms with Gasteiger partial charge in [0.1, 0.15) is 17.4 Å². The van der Waals surface area contributed by atoms with Crippen LogP contribution in [-0.4, -0.2) is 33.9 Å². The predicted molar refractivity (Wildman–Crippen MR) is 81.3 cm³/mol. The van der Waals surface area contributed by atoms with Crippen molar-refractivity contribution in [2.45, 2.75) is 5.92 Å². The second-order valence-corrected chi connectivity index (χ2v) is 5.18. The van der Waals surface area contributed by atoms with E-state index in [0.29, 0.717) is 21.3 Å². The number of aliphatic hydroxyl groups excluding tert-OH is 1. The van der Waals surface area contributed by atoms with Crippen LogP contribution in [0.4, 0.5) is 0 Å². The topological polar surface area (TPSA) is 106 Å². The molecule has 0 fully saturated rings. The highest BCUT2D eigenvalue weighted by Crippen LogP contribution is 2.28. The zero-order valence-electron chi connectivity index (χ0n) is 11.1. The van der Waals surface area contributed by atoms with Crippen molar-refractivity contribution in [3.05, 3.63) is 45.8 Å². The SMILES string of the molecule is NC(=O)[C@@H](CO)c1nc([C]=O)cc(-c2ccc(Cl)c(Cl)c2)n1. The average Bonchev–Trinajstić information content (AvgIpc) is 2.50. The highest BCUT2D eigenvalue weighted by atomic mass is 35.5. The first kappa shape index (κ1) is 16.4. The summed E-state index contributed by atoms with van der Waals surface area (Å²) in [6.45, 7) is -0.571. The maximum atomic E-state index is 11.3. The summed E-state index contributed by atoms with van der Waals surface area (Å²) in [7, 11) is 0. The summed E-state index contributed by atoms with van der Waals surface area (Å²) in [6.07, 6.45) is 1.63. The minimum Gasteiger partial charge on any atom is -0.395 e. The molecule has 8 heteroatoms. The second-order valence-electron chi connectivity index (χ2n) is 4.37. The van der Waals surface area contributed by atoms with Gasteiger partial charge in [-0.3, -0.25) is 9.59 Å². The molecule has 0 aliphatic rings. The van der Waals surface area contributed by atoms with Crippen LogP contribution in [0.25, 0.3) is 11.3 Å². The number of rotatable bonds is 5. The molecule has 1 amide bonds. The standard InChI is InChI=1S/C14H10Cl2N3O3/c15-10-2-1-7(3-11(10)16)12-4-8(5-20)18-14(19-12)9(6-21)13(17)22/h1-4,9,21H,6H2,(H2,17,22)/t9-/m1/s1. The van der Waals surface area contributed by atoms with Gasteiger partial charge in [-0.05, 0) is 18.2 Å². The van der Waals surface area contributed by atoms with Crippen LogP contribution in [0.15, 0.2) is 24.3 Å². The first-order valence-corrected chi connectivity index (χ1v) is 6.84. The molecule has 0 saturated heterocycles. The Morgan fingerprint density at radius 2 is 2.00 bits per heavy atom. The van der Waals surface area contributed by atoms with Gasteiger partial charge in [-0.15, -0.1) is 0 Å². The fourth-order valence-electron chi connectivity index (χ4n) is 1.78. The van der Waals surface area contributed by atoms with Gasteiger partial charge in [0.15, 0.2) is 0 Å². The molecule has 1 radical (unpaired) electrons. The van der Waals surface area contributed by atoms with Crippen molar-refractivity contribution in [3.8, 4) is 11.3 Å². The molecule has 0 bridgehead atoms. The van der Waals surface area contributed by atoms with Crippen molar-refractivity contribution >= 4 is 35.4 Å². The van der Waals surface area contributed by atoms with Crippen molar-refractivity contribution in [2.24, 2.45) is 5.73 Å². The summed E-state index contributed by atoms with van der Waals surface area (Å²) in [4.78, 5) is 30.2. The van der Waals surface area contributed by atoms with E-state index < -0.39 is 18.4 Å². The Morgan fingerprint density at radius 3 is 2.55 bits per heavy atom. The summed E-state index contributed by atoms with van der Waals surface area (Å²) < 4.78 is 0. The molecule has 22 heavy (non-hydrogen) atoms. The Bertz CT molecular complexity index is 737. The molecule has 0 saturated carbocycles. The number of carbonyl (C=O) groups is 1. The number of aromatic nitrogens is 2. The average molecular weight is 339 g/mol. The summed E-state index contributed by atoms with van der Waals surface area (Å²) >= 11 is 11.8. The quantitative estimate of drug-likeness (QED) is 0.858. The number of carbonyl (C=O) groups excluding carboxylic acids is 2. The minimum atomic E-state index is -1.12. The van der Waals surface area contributed by atoms with Gasteiger partial charge in [-0.25, -0.2) is 9.97 Å². The third-order valence-electron chi connectivity index (χ3n) is 2.90. The molecule has 0 aliphatic heterocycles. The fraction of sp³-hybridized carbons (Fsp3) is 0.143. The Morgan fingerprint density at radius 1 is 1.27 bits per heavy atom. The lowest BCUT2D eigenvalue weighted by Gasteiger charge is -2.11. The minimum absolute atomic E-state index is 0.0584. The van der Waals surface area contributed by atoms with Crippen LogP contribution in [0, 0.1) is 0 Å². The molecule has 1 aromatic heterocycles. The summed E-state index contributed by atoms with van der Waals surface area (Å²) in [5, 5.41) is 9.92. The maximum absolute atomic E-state index is 11.3. The number of halogens is 2. The smallest absolute Gasteiger partial charge is 0.253 e. The van der Waals surface area contributed by atoms with Crippen LogP contribution in [0.3, 0.4) is 0 Å². The monoisotopic (exact) mass is 338 g/mol. The number of nitrogens with zero attached hydrogens (tertiary/aromatic N) is 2. The molecule has 2 rings (SSSR count). The number of amides is 1. The Kier molecular flexibility index (Phi) is 5.07. The van der Waals surface area contributed by atoms with E-state index in [1.807, 2.05) is 0 Å². The number of aliphatic hydroxyl groups is 1. The number of primary amides is 1. The van der Waals surface area contributed by atoms with Crippen molar-refractivity contribution < 1.29 is 14.7 Å². The first-order chi connectivity index (χ1) is 10.5. The zero-order valence-corrected chi connectivity index (χ0v) is 12.6. The molecule has 113 valence electrons. The highest BCUT2D eigenvalue weighted by Gasteiger charge is 2.22. The van der Waals surface area contributed by atoms with E-state index in [2.05, 4.69) is 9.97 Å². The van der Waals surface area contributed by atoms with Crippen LogP contribution in [0.1, 0.15) is 17.4 Å². The molecule has 0 aliphatic carbocycles. The van der Waals surface area contributed by atoms with E-state index in [0.717, 1.165) is 0 Å². The summed E-state index contributed by atoms with van der Waals surface area (Å²) in [5.74, 6) is -1.97. The second kappa shape index (κ2) is 6.83. The maximum Gasteiger partial charge on any atom is 0.253 e. The Labute approximate surface area is 135 Å². The van der Waals surface area contributed by atoms with E-state index in [1.54, 1.807) is 24.5 Å². The normalized spacial score (nSPS) is 12.0. The van der Waals surface area contributed by atoms with Gasteiger partial charge in [0.25, 0.3) is 6.29 Å². The highest BCUT2D eigenvalue weighted by molar-refractivity contribution is 6.42. The third-order valence-corrected chi connectivity index (χ3v) is 3.64. The fourth-order valence-corrected chi connectivity index (χ4v) is 2.07. The van der Waals surface area contributed by atoms with Gasteiger partial charge in [-0.1, -0.05) is 29.3 Å². The summed E-state index contributed by atoms with van der Waals surface area (Å²) in [5.41, 5.74) is 6.02. The number of nitrogens with two attached hydrogens (primary N) is 1. The van der Waals surface area contributed by atoms with Crippen molar-refractivity contribution in [1.29, 1.82) is 0 Å². The number of hydrogen-bond acceptors (Lipinski definition) is 5. The van der Waals surface area contributed by atoms with E-state index in [4.69, 9.17) is 28.9 Å². The van der Waals surface area contributed by atoms with Gasteiger partial charge in [0, 0.05) is 5.56 Å². The molecular weight excluding hydrogens is 329 g/mol. The molecule has 2 aromatic rings. The molecule has 3 N–H and O–H groups in total. The van der Waals surface area contributed by atoms with E-state index >= 15 is 0 Å². The van der Waals surface area contributed by atoms with Crippen molar-refractivity contribution in [3.63, 3.8) is 0 Å². The van der Waals surface area contributed by atoms with Crippen LogP contribution < -0.4 is 5.73 Å². The molecule has 6 nitrogen and oxygen atoms in total. The van der Waals surface area contributed by atoms with Gasteiger partial charge in [0.05, 0.1) is 22.3 Å². The van der Waals surface area contributed by atoms with Crippen molar-refractivity contribution in [1.82, 2.24) is 9.97 Å². The largest absolute Gasteiger partial charge is 0.395 e. The molecule has 1 atom stereocenters. The van der Waals surface area contributed by atoms with Gasteiger partial charge >= 0.3 is 0 Å². The Balaban J connectivity index is 2.58. The zero-order chi connectivity index (χ0) is 16.3.